The van der Waals surface area contributed by atoms with Gasteiger partial charge in [0, 0.05) is 32.7 Å². The Morgan fingerprint density at radius 1 is 0.442 bits per heavy atom. The molecule has 3 heterocycles. The molecule has 5 heteroatoms. The zero-order chi connectivity index (χ0) is 34.2. The van der Waals surface area contributed by atoms with Crippen LogP contribution in [0.1, 0.15) is 22.9 Å². The predicted molar refractivity (Wildman–Crippen MR) is 213 cm³/mol. The molecule has 52 heavy (non-hydrogen) atoms. The number of para-hydroxylation sites is 1. The van der Waals surface area contributed by atoms with Crippen LogP contribution in [0.15, 0.2) is 183 Å². The highest BCUT2D eigenvalue weighted by Gasteiger charge is 2.24. The van der Waals surface area contributed by atoms with Gasteiger partial charge in [-0.25, -0.2) is 9.98 Å². The van der Waals surface area contributed by atoms with Gasteiger partial charge < -0.3 is 14.2 Å². The molecule has 11 rings (SSSR count). The molecule has 5 nitrogen and oxygen atoms in total. The molecule has 0 fully saturated rings. The largest absolute Gasteiger partial charge is 0.456 e. The molecular formula is C47H29N3O2. The number of benzene rings is 8. The van der Waals surface area contributed by atoms with E-state index in [1.807, 2.05) is 48.5 Å². The minimum Gasteiger partial charge on any atom is -0.456 e. The zero-order valence-electron chi connectivity index (χ0n) is 27.9. The van der Waals surface area contributed by atoms with E-state index in [0.717, 1.165) is 77.5 Å². The predicted octanol–water partition coefficient (Wildman–Crippen LogP) is 12.0. The number of aliphatic imine (C=N–C) groups is 2. The van der Waals surface area contributed by atoms with Crippen molar-refractivity contribution < 1.29 is 8.83 Å². The van der Waals surface area contributed by atoms with E-state index in [9.17, 15) is 0 Å². The van der Waals surface area contributed by atoms with Crippen molar-refractivity contribution in [1.29, 1.82) is 0 Å². The Morgan fingerprint density at radius 2 is 1.10 bits per heavy atom. The second kappa shape index (κ2) is 11.3. The van der Waals surface area contributed by atoms with Crippen LogP contribution in [0.4, 0.5) is 0 Å². The number of nitrogens with one attached hydrogen (secondary N) is 1. The number of rotatable bonds is 4. The smallest absolute Gasteiger partial charge is 0.160 e. The van der Waals surface area contributed by atoms with Crippen molar-refractivity contribution in [3.8, 4) is 11.1 Å². The fraction of sp³-hybridized carbons (Fsp3) is 0.0213. The van der Waals surface area contributed by atoms with Crippen LogP contribution >= 0.6 is 0 Å². The quantitative estimate of drug-likeness (QED) is 0.190. The first kappa shape index (κ1) is 28.8. The minimum atomic E-state index is -0.348. The van der Waals surface area contributed by atoms with Gasteiger partial charge in [0.2, 0.25) is 0 Å². The normalized spacial score (nSPS) is 14.7. The van der Waals surface area contributed by atoms with E-state index in [4.69, 9.17) is 18.8 Å². The molecule has 1 N–H and O–H groups in total. The third kappa shape index (κ3) is 4.56. The maximum absolute atomic E-state index is 6.55. The number of furan rings is 2. The molecule has 0 amide bonds. The summed E-state index contributed by atoms with van der Waals surface area (Å²) >= 11 is 0. The van der Waals surface area contributed by atoms with Crippen molar-refractivity contribution in [1.82, 2.24) is 5.32 Å². The molecule has 0 aliphatic carbocycles. The van der Waals surface area contributed by atoms with Gasteiger partial charge in [0.15, 0.2) is 5.84 Å². The van der Waals surface area contributed by atoms with Gasteiger partial charge in [0.25, 0.3) is 0 Å². The molecule has 8 aromatic carbocycles. The van der Waals surface area contributed by atoms with Crippen LogP contribution in [-0.4, -0.2) is 11.7 Å². The number of amidine groups is 2. The van der Waals surface area contributed by atoms with Crippen molar-refractivity contribution in [2.75, 3.05) is 0 Å². The van der Waals surface area contributed by atoms with E-state index in [1.165, 1.54) is 21.5 Å². The summed E-state index contributed by atoms with van der Waals surface area (Å²) in [5, 5.41) is 12.8. The topological polar surface area (TPSA) is 63.0 Å². The van der Waals surface area contributed by atoms with Gasteiger partial charge in [0.1, 0.15) is 34.3 Å². The summed E-state index contributed by atoms with van der Waals surface area (Å²) in [6.07, 6.45) is -0.348. The average Bonchev–Trinajstić information content (AvgIpc) is 3.78. The first-order valence-electron chi connectivity index (χ1n) is 17.5. The van der Waals surface area contributed by atoms with Crippen LogP contribution in [0.3, 0.4) is 0 Å². The van der Waals surface area contributed by atoms with Gasteiger partial charge in [-0.3, -0.25) is 0 Å². The lowest BCUT2D eigenvalue weighted by Gasteiger charge is -2.24. The molecule has 1 atom stereocenters. The number of nitrogens with zero attached hydrogens (tertiary/aromatic N) is 2. The highest BCUT2D eigenvalue weighted by Crippen LogP contribution is 2.38. The Kier molecular flexibility index (Phi) is 6.25. The van der Waals surface area contributed by atoms with E-state index >= 15 is 0 Å². The van der Waals surface area contributed by atoms with Crippen LogP contribution in [0.25, 0.3) is 76.5 Å². The van der Waals surface area contributed by atoms with E-state index in [2.05, 4.69) is 121 Å². The molecular weight excluding hydrogens is 639 g/mol. The first-order chi connectivity index (χ1) is 25.7. The summed E-state index contributed by atoms with van der Waals surface area (Å²) in [5.74, 6) is 1.44. The van der Waals surface area contributed by atoms with Crippen LogP contribution in [0, 0.1) is 0 Å². The zero-order valence-corrected chi connectivity index (χ0v) is 27.9. The second-order valence-corrected chi connectivity index (χ2v) is 13.4. The molecule has 0 radical (unpaired) electrons. The molecule has 2 aromatic heterocycles. The number of hydrogen-bond donors (Lipinski definition) is 1. The molecule has 0 saturated carbocycles. The van der Waals surface area contributed by atoms with Crippen molar-refractivity contribution in [2.24, 2.45) is 9.98 Å². The van der Waals surface area contributed by atoms with Crippen LogP contribution < -0.4 is 5.32 Å². The number of hydrogen-bond acceptors (Lipinski definition) is 5. The molecule has 1 aliphatic rings. The van der Waals surface area contributed by atoms with Crippen molar-refractivity contribution in [2.45, 2.75) is 6.17 Å². The van der Waals surface area contributed by atoms with Crippen LogP contribution in [0.5, 0.6) is 0 Å². The van der Waals surface area contributed by atoms with Gasteiger partial charge in [0.05, 0.1) is 0 Å². The molecule has 0 saturated heterocycles. The van der Waals surface area contributed by atoms with E-state index in [0.29, 0.717) is 5.84 Å². The molecule has 1 unspecified atom stereocenters. The third-order valence-corrected chi connectivity index (χ3v) is 10.3. The Hall–Kier alpha value is -6.98. The highest BCUT2D eigenvalue weighted by atomic mass is 16.3. The summed E-state index contributed by atoms with van der Waals surface area (Å²) in [6, 6.07) is 56.9. The second-order valence-electron chi connectivity index (χ2n) is 13.4. The van der Waals surface area contributed by atoms with Gasteiger partial charge in [-0.1, -0.05) is 121 Å². The Balaban J connectivity index is 1.05. The van der Waals surface area contributed by atoms with Crippen LogP contribution in [-0.2, 0) is 0 Å². The van der Waals surface area contributed by atoms with Gasteiger partial charge in [-0.05, 0) is 80.7 Å². The fourth-order valence-electron chi connectivity index (χ4n) is 7.77. The van der Waals surface area contributed by atoms with E-state index in [-0.39, 0.29) is 6.17 Å². The Labute approximate surface area is 298 Å². The lowest BCUT2D eigenvalue weighted by Crippen LogP contribution is -2.33. The summed E-state index contributed by atoms with van der Waals surface area (Å²) in [6.45, 7) is 0. The SMILES string of the molecule is c1ccc(C2=NC(c3cccc4oc5cc(-c6ccc7c(c6)oc6ccccc67)ccc5c34)=NC(c3ccc4ccc5ccccc5c4c3)N2)cc1. The monoisotopic (exact) mass is 667 g/mol. The van der Waals surface area contributed by atoms with Gasteiger partial charge >= 0.3 is 0 Å². The standard InChI is InChI=1S/C47H29N3O2/c1-2-10-30(11-3-1)45-48-46(33-20-19-29-18-17-28-9-4-5-12-34(28)39(29)25-33)50-47(49-45)38-14-8-16-41-44(38)37-24-22-32(27-43(37)52-41)31-21-23-36-35-13-6-7-15-40(35)51-42(36)26-31/h1-27,46H,(H,48,49,50). The molecule has 1 aliphatic heterocycles. The van der Waals surface area contributed by atoms with Gasteiger partial charge in [-0.15, -0.1) is 0 Å². The lowest BCUT2D eigenvalue weighted by molar-refractivity contribution is 0.668. The Bertz CT molecular complexity index is 3110. The summed E-state index contributed by atoms with van der Waals surface area (Å²) in [5.41, 5.74) is 8.50. The van der Waals surface area contributed by atoms with E-state index in [1.54, 1.807) is 0 Å². The fourth-order valence-corrected chi connectivity index (χ4v) is 7.77. The van der Waals surface area contributed by atoms with Crippen molar-refractivity contribution >= 4 is 77.1 Å². The summed E-state index contributed by atoms with van der Waals surface area (Å²) in [7, 11) is 0. The third-order valence-electron chi connectivity index (χ3n) is 10.3. The number of fused-ring (bicyclic) bond motifs is 9. The molecule has 244 valence electrons. The average molecular weight is 668 g/mol. The van der Waals surface area contributed by atoms with Crippen molar-refractivity contribution in [3.05, 3.63) is 180 Å². The van der Waals surface area contributed by atoms with Gasteiger partial charge in [-0.2, -0.15) is 0 Å². The maximum Gasteiger partial charge on any atom is 0.160 e. The summed E-state index contributed by atoms with van der Waals surface area (Å²) < 4.78 is 12.8. The Morgan fingerprint density at radius 3 is 1.96 bits per heavy atom. The maximum atomic E-state index is 6.55. The van der Waals surface area contributed by atoms with Crippen LogP contribution in [0.2, 0.25) is 0 Å². The molecule has 0 spiro atoms. The van der Waals surface area contributed by atoms with E-state index < -0.39 is 0 Å². The lowest BCUT2D eigenvalue weighted by atomic mass is 9.98. The highest BCUT2D eigenvalue weighted by molar-refractivity contribution is 6.22. The molecule has 10 aromatic rings. The molecule has 0 bridgehead atoms. The van der Waals surface area contributed by atoms with Crippen molar-refractivity contribution in [3.63, 3.8) is 0 Å². The first-order valence-corrected chi connectivity index (χ1v) is 17.5. The minimum absolute atomic E-state index is 0.348. The summed E-state index contributed by atoms with van der Waals surface area (Å²) in [4.78, 5) is 10.5.